The third-order valence-electron chi connectivity index (χ3n) is 2.79. The van der Waals surface area contributed by atoms with Gasteiger partial charge in [0, 0.05) is 18.2 Å². The molecular formula is C15H21NO3. The van der Waals surface area contributed by atoms with E-state index in [4.69, 9.17) is 4.74 Å². The van der Waals surface area contributed by atoms with E-state index in [1.807, 2.05) is 26.0 Å². The molecule has 1 aromatic rings. The van der Waals surface area contributed by atoms with Crippen molar-refractivity contribution in [1.82, 2.24) is 5.32 Å². The summed E-state index contributed by atoms with van der Waals surface area (Å²) in [5.74, 6) is -0.315. The smallest absolute Gasteiger partial charge is 0.338 e. The molecule has 0 fully saturated rings. The highest BCUT2D eigenvalue weighted by molar-refractivity contribution is 5.90. The van der Waals surface area contributed by atoms with Gasteiger partial charge >= 0.3 is 5.97 Å². The van der Waals surface area contributed by atoms with Gasteiger partial charge in [0.1, 0.15) is 5.75 Å². The van der Waals surface area contributed by atoms with Crippen molar-refractivity contribution in [1.29, 1.82) is 0 Å². The van der Waals surface area contributed by atoms with Gasteiger partial charge in [-0.1, -0.05) is 18.2 Å². The summed E-state index contributed by atoms with van der Waals surface area (Å²) in [4.78, 5) is 11.5. The van der Waals surface area contributed by atoms with E-state index in [2.05, 4.69) is 5.32 Å². The average Bonchev–Trinajstić information content (AvgIpc) is 2.39. The van der Waals surface area contributed by atoms with Gasteiger partial charge in [0.25, 0.3) is 0 Å². The Morgan fingerprint density at radius 2 is 2.26 bits per heavy atom. The first kappa shape index (κ1) is 15.2. The van der Waals surface area contributed by atoms with Crippen LogP contribution in [0.2, 0.25) is 0 Å². The zero-order valence-corrected chi connectivity index (χ0v) is 11.6. The summed E-state index contributed by atoms with van der Waals surface area (Å²) in [6, 6.07) is 4.86. The van der Waals surface area contributed by atoms with Crippen LogP contribution in [-0.2, 0) is 4.74 Å². The monoisotopic (exact) mass is 263 g/mol. The van der Waals surface area contributed by atoms with E-state index < -0.39 is 5.97 Å². The maximum Gasteiger partial charge on any atom is 0.338 e. The van der Waals surface area contributed by atoms with Crippen LogP contribution in [0.1, 0.15) is 42.7 Å². The summed E-state index contributed by atoms with van der Waals surface area (Å²) in [6.07, 6.45) is 3.96. The van der Waals surface area contributed by atoms with Crippen molar-refractivity contribution in [2.75, 3.05) is 13.2 Å². The van der Waals surface area contributed by atoms with Crippen LogP contribution in [0.3, 0.4) is 0 Å². The lowest BCUT2D eigenvalue weighted by atomic mass is 10.0. The second kappa shape index (κ2) is 7.59. The molecule has 0 saturated carbocycles. The summed E-state index contributed by atoms with van der Waals surface area (Å²) < 4.78 is 4.89. The summed E-state index contributed by atoms with van der Waals surface area (Å²) in [7, 11) is 0. The molecule has 4 nitrogen and oxygen atoms in total. The Labute approximate surface area is 114 Å². The Balaban J connectivity index is 2.79. The lowest BCUT2D eigenvalue weighted by Gasteiger charge is -2.15. The molecule has 0 aromatic heterocycles. The van der Waals surface area contributed by atoms with Crippen molar-refractivity contribution in [3.63, 3.8) is 0 Å². The number of hydrogen-bond donors (Lipinski definition) is 2. The van der Waals surface area contributed by atoms with Gasteiger partial charge in [0.05, 0.1) is 12.2 Å². The first-order valence-corrected chi connectivity index (χ1v) is 6.44. The molecule has 0 radical (unpaired) electrons. The Hall–Kier alpha value is -1.81. The molecule has 4 heteroatoms. The molecule has 0 spiro atoms. The molecule has 104 valence electrons. The molecule has 19 heavy (non-hydrogen) atoms. The maximum atomic E-state index is 11.5. The van der Waals surface area contributed by atoms with Crippen LogP contribution in [0.25, 0.3) is 0 Å². The van der Waals surface area contributed by atoms with Crippen LogP contribution >= 0.6 is 0 Å². The molecule has 0 amide bonds. The topological polar surface area (TPSA) is 58.6 Å². The number of aromatic hydroxyl groups is 1. The number of benzene rings is 1. The third kappa shape index (κ3) is 4.41. The van der Waals surface area contributed by atoms with Crippen molar-refractivity contribution in [3.05, 3.63) is 41.5 Å². The number of phenolic OH excluding ortho intramolecular Hbond substituents is 1. The summed E-state index contributed by atoms with van der Waals surface area (Å²) in [5.41, 5.74) is 1.13. The minimum absolute atomic E-state index is 0.00689. The fourth-order valence-corrected chi connectivity index (χ4v) is 1.72. The fraction of sp³-hybridized carbons (Fsp3) is 0.400. The van der Waals surface area contributed by atoms with Crippen molar-refractivity contribution >= 4 is 5.97 Å². The van der Waals surface area contributed by atoms with E-state index in [1.165, 1.54) is 6.07 Å². The molecule has 1 rings (SSSR count). The molecule has 0 heterocycles. The van der Waals surface area contributed by atoms with E-state index in [1.54, 1.807) is 19.1 Å². The van der Waals surface area contributed by atoms with E-state index in [0.29, 0.717) is 12.2 Å². The van der Waals surface area contributed by atoms with Gasteiger partial charge in [-0.05, 0) is 32.9 Å². The first-order chi connectivity index (χ1) is 9.10. The molecule has 0 aliphatic carbocycles. The molecule has 1 unspecified atom stereocenters. The van der Waals surface area contributed by atoms with E-state index in [0.717, 1.165) is 12.1 Å². The molecule has 2 N–H and O–H groups in total. The zero-order valence-electron chi connectivity index (χ0n) is 11.6. The van der Waals surface area contributed by atoms with Gasteiger partial charge in [-0.3, -0.25) is 0 Å². The molecule has 0 aliphatic heterocycles. The van der Waals surface area contributed by atoms with E-state index >= 15 is 0 Å². The van der Waals surface area contributed by atoms with Crippen LogP contribution in [0.15, 0.2) is 30.4 Å². The SMILES string of the molecule is C/C=C\CNC(C)c1ccc(C(=O)OCC)cc1O. The summed E-state index contributed by atoms with van der Waals surface area (Å²) >= 11 is 0. The van der Waals surface area contributed by atoms with Crippen LogP contribution in [0, 0.1) is 0 Å². The molecule has 0 saturated heterocycles. The molecule has 1 atom stereocenters. The Morgan fingerprint density at radius 1 is 1.53 bits per heavy atom. The third-order valence-corrected chi connectivity index (χ3v) is 2.79. The molecular weight excluding hydrogens is 242 g/mol. The fourth-order valence-electron chi connectivity index (χ4n) is 1.72. The number of rotatable bonds is 6. The predicted molar refractivity (Wildman–Crippen MR) is 75.3 cm³/mol. The Bertz CT molecular complexity index is 455. The second-order valence-corrected chi connectivity index (χ2v) is 4.19. The minimum Gasteiger partial charge on any atom is -0.508 e. The van der Waals surface area contributed by atoms with Crippen molar-refractivity contribution < 1.29 is 14.6 Å². The van der Waals surface area contributed by atoms with Gasteiger partial charge in [0.2, 0.25) is 0 Å². The van der Waals surface area contributed by atoms with Crippen molar-refractivity contribution in [2.45, 2.75) is 26.8 Å². The maximum absolute atomic E-state index is 11.5. The Kier molecular flexibility index (Phi) is 6.09. The number of carbonyl (C=O) groups excluding carboxylic acids is 1. The molecule has 0 bridgehead atoms. The van der Waals surface area contributed by atoms with Crippen LogP contribution in [0.5, 0.6) is 5.75 Å². The zero-order chi connectivity index (χ0) is 14.3. The van der Waals surface area contributed by atoms with Crippen LogP contribution in [0.4, 0.5) is 0 Å². The van der Waals surface area contributed by atoms with Gasteiger partial charge < -0.3 is 15.2 Å². The number of ether oxygens (including phenoxy) is 1. The van der Waals surface area contributed by atoms with Crippen LogP contribution in [-0.4, -0.2) is 24.2 Å². The quantitative estimate of drug-likeness (QED) is 0.612. The number of allylic oxidation sites excluding steroid dienone is 1. The highest BCUT2D eigenvalue weighted by Gasteiger charge is 2.13. The molecule has 1 aromatic carbocycles. The van der Waals surface area contributed by atoms with Gasteiger partial charge in [-0.2, -0.15) is 0 Å². The first-order valence-electron chi connectivity index (χ1n) is 6.44. The molecule has 0 aliphatic rings. The van der Waals surface area contributed by atoms with Crippen molar-refractivity contribution in [3.8, 4) is 5.75 Å². The summed E-state index contributed by atoms with van der Waals surface area (Å²) in [5, 5.41) is 13.2. The predicted octanol–water partition coefficient (Wildman–Crippen LogP) is 2.80. The van der Waals surface area contributed by atoms with Crippen molar-refractivity contribution in [2.24, 2.45) is 0 Å². The largest absolute Gasteiger partial charge is 0.508 e. The highest BCUT2D eigenvalue weighted by Crippen LogP contribution is 2.25. The Morgan fingerprint density at radius 3 is 2.84 bits per heavy atom. The lowest BCUT2D eigenvalue weighted by molar-refractivity contribution is 0.0526. The highest BCUT2D eigenvalue weighted by atomic mass is 16.5. The number of phenols is 1. The normalized spacial score (nSPS) is 12.6. The van der Waals surface area contributed by atoms with E-state index in [-0.39, 0.29) is 11.8 Å². The number of nitrogens with one attached hydrogen (secondary N) is 1. The number of carbonyl (C=O) groups is 1. The summed E-state index contributed by atoms with van der Waals surface area (Å²) in [6.45, 7) is 6.72. The lowest BCUT2D eigenvalue weighted by Crippen LogP contribution is -2.18. The van der Waals surface area contributed by atoms with Crippen LogP contribution < -0.4 is 5.32 Å². The number of esters is 1. The van der Waals surface area contributed by atoms with E-state index in [9.17, 15) is 9.90 Å². The second-order valence-electron chi connectivity index (χ2n) is 4.19. The van der Waals surface area contributed by atoms with Gasteiger partial charge in [-0.25, -0.2) is 4.79 Å². The number of hydrogen-bond acceptors (Lipinski definition) is 4. The van der Waals surface area contributed by atoms with Gasteiger partial charge in [0.15, 0.2) is 0 Å². The average molecular weight is 263 g/mol. The van der Waals surface area contributed by atoms with Gasteiger partial charge in [-0.15, -0.1) is 0 Å². The standard InChI is InChI=1S/C15H21NO3/c1-4-6-9-16-11(3)13-8-7-12(10-14(13)17)15(18)19-5-2/h4,6-8,10-11,16-17H,5,9H2,1-3H3/b6-4-. The minimum atomic E-state index is -0.418.